The highest BCUT2D eigenvalue weighted by Gasteiger charge is 2.06. The number of fused-ring (bicyclic) bond motifs is 1. The van der Waals surface area contributed by atoms with Gasteiger partial charge in [0.05, 0.1) is 12.7 Å². The lowest BCUT2D eigenvalue weighted by Crippen LogP contribution is -2.02. The Kier molecular flexibility index (Phi) is 3.96. The van der Waals surface area contributed by atoms with Gasteiger partial charge in [-0.1, -0.05) is 25.1 Å². The van der Waals surface area contributed by atoms with Gasteiger partial charge >= 0.3 is 5.97 Å². The van der Waals surface area contributed by atoms with Crippen LogP contribution in [0.3, 0.4) is 0 Å². The van der Waals surface area contributed by atoms with E-state index in [9.17, 15) is 4.79 Å². The van der Waals surface area contributed by atoms with Crippen molar-refractivity contribution in [2.75, 3.05) is 7.11 Å². The maximum Gasteiger partial charge on any atom is 0.337 e. The van der Waals surface area contributed by atoms with Crippen molar-refractivity contribution in [3.8, 4) is 0 Å². The molecule has 0 saturated heterocycles. The number of rotatable bonds is 4. The van der Waals surface area contributed by atoms with Crippen LogP contribution in [0.5, 0.6) is 0 Å². The van der Waals surface area contributed by atoms with Gasteiger partial charge in [-0.15, -0.1) is 0 Å². The number of benzene rings is 2. The molecule has 0 unspecified atom stereocenters. The van der Waals surface area contributed by atoms with E-state index < -0.39 is 0 Å². The number of esters is 1. The van der Waals surface area contributed by atoms with Crippen LogP contribution in [0.15, 0.2) is 54.7 Å². The molecule has 0 saturated carbocycles. The van der Waals surface area contributed by atoms with E-state index in [0.717, 1.165) is 18.5 Å². The summed E-state index contributed by atoms with van der Waals surface area (Å²) in [6.07, 6.45) is 3.16. The number of aromatic nitrogens is 1. The van der Waals surface area contributed by atoms with Gasteiger partial charge < -0.3 is 9.30 Å². The monoisotopic (exact) mass is 293 g/mol. The Morgan fingerprint density at radius 3 is 2.45 bits per heavy atom. The van der Waals surface area contributed by atoms with E-state index in [1.165, 1.54) is 23.6 Å². The largest absolute Gasteiger partial charge is 0.465 e. The Balaban J connectivity index is 1.85. The molecule has 0 aliphatic carbocycles. The molecule has 0 amide bonds. The van der Waals surface area contributed by atoms with Crippen molar-refractivity contribution in [3.63, 3.8) is 0 Å². The number of hydrogen-bond acceptors (Lipinski definition) is 2. The van der Waals surface area contributed by atoms with Crippen LogP contribution in [-0.2, 0) is 17.7 Å². The van der Waals surface area contributed by atoms with Gasteiger partial charge in [-0.2, -0.15) is 0 Å². The van der Waals surface area contributed by atoms with Crippen LogP contribution in [0.4, 0.5) is 0 Å². The average Bonchev–Trinajstić information content (AvgIpc) is 2.97. The normalized spacial score (nSPS) is 10.8. The summed E-state index contributed by atoms with van der Waals surface area (Å²) in [4.78, 5) is 11.4. The zero-order valence-corrected chi connectivity index (χ0v) is 12.9. The first kappa shape index (κ1) is 14.4. The zero-order chi connectivity index (χ0) is 15.5. The second kappa shape index (κ2) is 6.06. The van der Waals surface area contributed by atoms with Crippen LogP contribution in [0, 0.1) is 0 Å². The molecule has 0 spiro atoms. The van der Waals surface area contributed by atoms with Crippen molar-refractivity contribution >= 4 is 16.9 Å². The quantitative estimate of drug-likeness (QED) is 0.680. The van der Waals surface area contributed by atoms with E-state index in [2.05, 4.69) is 42.0 Å². The molecule has 3 heteroatoms. The van der Waals surface area contributed by atoms with E-state index in [1.807, 2.05) is 24.3 Å². The fourth-order valence-corrected chi connectivity index (χ4v) is 2.67. The summed E-state index contributed by atoms with van der Waals surface area (Å²) in [6.45, 7) is 2.96. The van der Waals surface area contributed by atoms with Crippen molar-refractivity contribution in [2.24, 2.45) is 0 Å². The number of nitrogens with zero attached hydrogens (tertiary/aromatic N) is 1. The topological polar surface area (TPSA) is 31.2 Å². The van der Waals surface area contributed by atoms with Crippen molar-refractivity contribution in [3.05, 3.63) is 71.4 Å². The summed E-state index contributed by atoms with van der Waals surface area (Å²) in [7, 11) is 1.40. The van der Waals surface area contributed by atoms with E-state index in [1.54, 1.807) is 0 Å². The second-order valence-corrected chi connectivity index (χ2v) is 5.38. The molecule has 0 aliphatic rings. The van der Waals surface area contributed by atoms with Gasteiger partial charge in [-0.25, -0.2) is 4.79 Å². The Bertz CT molecular complexity index is 800. The van der Waals surface area contributed by atoms with Crippen molar-refractivity contribution in [1.82, 2.24) is 4.57 Å². The number of aryl methyl sites for hydroxylation is 1. The summed E-state index contributed by atoms with van der Waals surface area (Å²) in [5.41, 5.74) is 4.32. The van der Waals surface area contributed by atoms with Gasteiger partial charge in [0.15, 0.2) is 0 Å². The van der Waals surface area contributed by atoms with E-state index in [4.69, 9.17) is 4.74 Å². The molecular weight excluding hydrogens is 274 g/mol. The predicted octanol–water partition coefficient (Wildman–Crippen LogP) is 4.04. The van der Waals surface area contributed by atoms with Gasteiger partial charge in [-0.05, 0) is 53.3 Å². The minimum absolute atomic E-state index is 0.301. The molecule has 0 fully saturated rings. The fraction of sp³-hybridized carbons (Fsp3) is 0.211. The van der Waals surface area contributed by atoms with Crippen molar-refractivity contribution < 1.29 is 9.53 Å². The van der Waals surface area contributed by atoms with E-state index in [-0.39, 0.29) is 5.97 Å². The summed E-state index contributed by atoms with van der Waals surface area (Å²) in [5, 5.41) is 1.27. The van der Waals surface area contributed by atoms with Gasteiger partial charge in [0.1, 0.15) is 0 Å². The number of carbonyl (C=O) groups is 1. The predicted molar refractivity (Wildman–Crippen MR) is 88.2 cm³/mol. The van der Waals surface area contributed by atoms with E-state index in [0.29, 0.717) is 5.56 Å². The van der Waals surface area contributed by atoms with Crippen LogP contribution < -0.4 is 0 Å². The summed E-state index contributed by atoms with van der Waals surface area (Å²) in [6, 6.07) is 16.3. The number of ether oxygens (including phenoxy) is 1. The molecule has 2 aromatic carbocycles. The molecule has 0 radical (unpaired) electrons. The molecule has 1 aromatic heterocycles. The summed E-state index contributed by atoms with van der Waals surface area (Å²) in [5.74, 6) is -0.301. The third-order valence-corrected chi connectivity index (χ3v) is 3.97. The molecule has 3 rings (SSSR count). The van der Waals surface area contributed by atoms with Gasteiger partial charge in [0.25, 0.3) is 0 Å². The molecule has 0 atom stereocenters. The number of methoxy groups -OCH3 is 1. The van der Waals surface area contributed by atoms with Gasteiger partial charge in [0.2, 0.25) is 0 Å². The lowest BCUT2D eigenvalue weighted by molar-refractivity contribution is 0.0600. The van der Waals surface area contributed by atoms with Crippen LogP contribution >= 0.6 is 0 Å². The zero-order valence-electron chi connectivity index (χ0n) is 12.9. The fourth-order valence-electron chi connectivity index (χ4n) is 2.67. The first-order valence-corrected chi connectivity index (χ1v) is 7.46. The summed E-state index contributed by atoms with van der Waals surface area (Å²) >= 11 is 0. The lowest BCUT2D eigenvalue weighted by Gasteiger charge is -2.07. The average molecular weight is 293 g/mol. The molecule has 0 N–H and O–H groups in total. The highest BCUT2D eigenvalue weighted by atomic mass is 16.5. The molecule has 0 bridgehead atoms. The molecule has 112 valence electrons. The van der Waals surface area contributed by atoms with Crippen molar-refractivity contribution in [1.29, 1.82) is 0 Å². The minimum atomic E-state index is -0.301. The Hall–Kier alpha value is -2.55. The first-order valence-electron chi connectivity index (χ1n) is 7.46. The molecule has 0 aliphatic heterocycles. The highest BCUT2D eigenvalue weighted by Crippen LogP contribution is 2.19. The molecule has 1 heterocycles. The molecule has 3 nitrogen and oxygen atoms in total. The minimum Gasteiger partial charge on any atom is -0.465 e. The first-order chi connectivity index (χ1) is 10.7. The van der Waals surface area contributed by atoms with Crippen LogP contribution in [-0.4, -0.2) is 17.6 Å². The number of hydrogen-bond donors (Lipinski definition) is 0. The van der Waals surface area contributed by atoms with Gasteiger partial charge in [0, 0.05) is 18.3 Å². The molecular formula is C19H19NO2. The second-order valence-electron chi connectivity index (χ2n) is 5.38. The maximum atomic E-state index is 11.4. The van der Waals surface area contributed by atoms with Crippen molar-refractivity contribution in [2.45, 2.75) is 19.9 Å². The SMILES string of the molecule is CCc1ccc2c(ccn2Cc2ccc(C(=O)OC)cc2)c1. The number of carbonyl (C=O) groups excluding carboxylic acids is 1. The Morgan fingerprint density at radius 1 is 1.05 bits per heavy atom. The standard InChI is InChI=1S/C19H19NO2/c1-3-14-6-9-18-17(12-14)10-11-20(18)13-15-4-7-16(8-5-15)19(21)22-2/h4-12H,3,13H2,1-2H3. The summed E-state index contributed by atoms with van der Waals surface area (Å²) < 4.78 is 6.94. The highest BCUT2D eigenvalue weighted by molar-refractivity contribution is 5.89. The third kappa shape index (κ3) is 2.75. The Labute approximate surface area is 130 Å². The smallest absolute Gasteiger partial charge is 0.337 e. The molecule has 3 aromatic rings. The van der Waals surface area contributed by atoms with Crippen LogP contribution in [0.1, 0.15) is 28.4 Å². The molecule has 22 heavy (non-hydrogen) atoms. The van der Waals surface area contributed by atoms with Gasteiger partial charge in [-0.3, -0.25) is 0 Å². The van der Waals surface area contributed by atoms with Crippen LogP contribution in [0.2, 0.25) is 0 Å². The maximum absolute atomic E-state index is 11.4. The third-order valence-electron chi connectivity index (χ3n) is 3.97. The Morgan fingerprint density at radius 2 is 1.77 bits per heavy atom. The van der Waals surface area contributed by atoms with E-state index >= 15 is 0 Å². The van der Waals surface area contributed by atoms with Crippen LogP contribution in [0.25, 0.3) is 10.9 Å². The lowest BCUT2D eigenvalue weighted by atomic mass is 10.1.